The van der Waals surface area contributed by atoms with Gasteiger partial charge in [0, 0.05) is 6.04 Å². The van der Waals surface area contributed by atoms with E-state index in [4.69, 9.17) is 0 Å². The van der Waals surface area contributed by atoms with Crippen molar-refractivity contribution in [2.75, 3.05) is 5.75 Å². The molecule has 2 aromatic carbocycles. The van der Waals surface area contributed by atoms with Gasteiger partial charge < -0.3 is 5.32 Å². The molecule has 7 nitrogen and oxygen atoms in total. The summed E-state index contributed by atoms with van der Waals surface area (Å²) in [5.41, 5.74) is 3.44. The second-order valence-electron chi connectivity index (χ2n) is 9.62. The number of benzene rings is 2. The van der Waals surface area contributed by atoms with Crippen LogP contribution in [-0.4, -0.2) is 36.9 Å². The summed E-state index contributed by atoms with van der Waals surface area (Å²) < 4.78 is 3.54. The number of carbonyl (C=O) groups excluding carboxylic acids is 1. The van der Waals surface area contributed by atoms with E-state index in [1.165, 1.54) is 37.4 Å². The van der Waals surface area contributed by atoms with Crippen LogP contribution in [0.4, 0.5) is 0 Å². The minimum Gasteiger partial charge on any atom is -0.352 e. The van der Waals surface area contributed by atoms with Gasteiger partial charge in [-0.05, 0) is 80.7 Å². The zero-order chi connectivity index (χ0) is 23.4. The van der Waals surface area contributed by atoms with Crippen molar-refractivity contribution in [1.82, 2.24) is 24.5 Å². The predicted octanol–water partition coefficient (Wildman–Crippen LogP) is 4.05. The first-order valence-electron chi connectivity index (χ1n) is 11.9. The molecule has 0 bridgehead atoms. The van der Waals surface area contributed by atoms with E-state index in [-0.39, 0.29) is 17.2 Å². The van der Waals surface area contributed by atoms with Crippen molar-refractivity contribution in [1.29, 1.82) is 0 Å². The Morgan fingerprint density at radius 2 is 1.82 bits per heavy atom. The molecule has 2 saturated carbocycles. The summed E-state index contributed by atoms with van der Waals surface area (Å²) in [6, 6.07) is 13.9. The Morgan fingerprint density at radius 3 is 2.56 bits per heavy atom. The van der Waals surface area contributed by atoms with Gasteiger partial charge in [0.25, 0.3) is 5.56 Å². The largest absolute Gasteiger partial charge is 0.352 e. The van der Waals surface area contributed by atoms with Crippen LogP contribution in [0.25, 0.3) is 22.4 Å². The van der Waals surface area contributed by atoms with E-state index in [9.17, 15) is 9.59 Å². The molecule has 8 heteroatoms. The lowest BCUT2D eigenvalue weighted by Crippen LogP contribution is -2.39. The molecule has 34 heavy (non-hydrogen) atoms. The van der Waals surface area contributed by atoms with E-state index in [0.29, 0.717) is 34.2 Å². The van der Waals surface area contributed by atoms with Gasteiger partial charge in [0.15, 0.2) is 5.16 Å². The molecule has 4 aromatic rings. The molecule has 2 aromatic heterocycles. The SMILES string of the molecule is Cc1ccc(C)c(-n2c(=O)c3ccccc3n3c(SCC(=O)NC(C4CC4)C4CC4)nnc23)c1. The highest BCUT2D eigenvalue weighted by molar-refractivity contribution is 7.99. The first-order valence-corrected chi connectivity index (χ1v) is 12.9. The Labute approximate surface area is 201 Å². The van der Waals surface area contributed by atoms with Crippen LogP contribution in [-0.2, 0) is 4.79 Å². The Kier molecular flexibility index (Phi) is 5.21. The molecule has 2 aliphatic rings. The Morgan fingerprint density at radius 1 is 1.09 bits per heavy atom. The van der Waals surface area contributed by atoms with E-state index in [1.54, 1.807) is 4.57 Å². The highest BCUT2D eigenvalue weighted by atomic mass is 32.2. The highest BCUT2D eigenvalue weighted by Crippen LogP contribution is 2.44. The number of aryl methyl sites for hydroxylation is 2. The van der Waals surface area contributed by atoms with Crippen molar-refractivity contribution in [2.45, 2.75) is 50.7 Å². The first-order chi connectivity index (χ1) is 16.5. The standard InChI is InChI=1S/C26H27N5O2S/c1-15-7-8-16(2)21(13-15)30-24(33)19-5-3-4-6-20(19)31-25(30)28-29-26(31)34-14-22(32)27-23(17-9-10-17)18-11-12-18/h3-8,13,17-18,23H,9-12,14H2,1-2H3,(H,27,32). The van der Waals surface area contributed by atoms with Crippen LogP contribution in [0.1, 0.15) is 36.8 Å². The van der Waals surface area contributed by atoms with Crippen molar-refractivity contribution in [2.24, 2.45) is 11.8 Å². The van der Waals surface area contributed by atoms with Gasteiger partial charge >= 0.3 is 0 Å². The van der Waals surface area contributed by atoms with Gasteiger partial charge in [0.05, 0.1) is 22.3 Å². The molecule has 0 atom stereocenters. The first kappa shape index (κ1) is 21.4. The average molecular weight is 474 g/mol. The molecular weight excluding hydrogens is 446 g/mol. The summed E-state index contributed by atoms with van der Waals surface area (Å²) in [6.07, 6.45) is 4.91. The number of thioether (sulfide) groups is 1. The summed E-state index contributed by atoms with van der Waals surface area (Å²) in [7, 11) is 0. The lowest BCUT2D eigenvalue weighted by molar-refractivity contribution is -0.119. The van der Waals surface area contributed by atoms with Gasteiger partial charge in [-0.3, -0.25) is 14.0 Å². The maximum Gasteiger partial charge on any atom is 0.267 e. The van der Waals surface area contributed by atoms with Crippen LogP contribution in [0.2, 0.25) is 0 Å². The summed E-state index contributed by atoms with van der Waals surface area (Å²) in [6.45, 7) is 3.99. The lowest BCUT2D eigenvalue weighted by Gasteiger charge is -2.17. The molecule has 2 fully saturated rings. The second-order valence-corrected chi connectivity index (χ2v) is 10.6. The third kappa shape index (κ3) is 3.79. The maximum atomic E-state index is 13.6. The monoisotopic (exact) mass is 473 g/mol. The summed E-state index contributed by atoms with van der Waals surface area (Å²) in [5, 5.41) is 13.3. The van der Waals surface area contributed by atoms with Gasteiger partial charge in [-0.2, -0.15) is 0 Å². The van der Waals surface area contributed by atoms with Crippen LogP contribution >= 0.6 is 11.8 Å². The van der Waals surface area contributed by atoms with Gasteiger partial charge in [-0.15, -0.1) is 10.2 Å². The van der Waals surface area contributed by atoms with Crippen molar-refractivity contribution in [3.05, 3.63) is 63.9 Å². The number of hydrogen-bond donors (Lipinski definition) is 1. The predicted molar refractivity (Wildman–Crippen MR) is 134 cm³/mol. The van der Waals surface area contributed by atoms with Crippen LogP contribution < -0.4 is 10.9 Å². The summed E-state index contributed by atoms with van der Waals surface area (Å²) >= 11 is 1.36. The molecule has 0 radical (unpaired) electrons. The number of hydrogen-bond acceptors (Lipinski definition) is 5. The van der Waals surface area contributed by atoms with Gasteiger partial charge in [-0.25, -0.2) is 4.57 Å². The number of rotatable bonds is 7. The zero-order valence-electron chi connectivity index (χ0n) is 19.3. The van der Waals surface area contributed by atoms with Crippen LogP contribution in [0.5, 0.6) is 0 Å². The smallest absolute Gasteiger partial charge is 0.267 e. The molecule has 0 unspecified atom stereocenters. The molecule has 6 rings (SSSR count). The number of nitrogens with zero attached hydrogens (tertiary/aromatic N) is 4. The van der Waals surface area contributed by atoms with Gasteiger partial charge in [-0.1, -0.05) is 36.0 Å². The molecular formula is C26H27N5O2S. The highest BCUT2D eigenvalue weighted by Gasteiger charge is 2.42. The lowest BCUT2D eigenvalue weighted by atomic mass is 10.1. The van der Waals surface area contributed by atoms with Gasteiger partial charge in [0.1, 0.15) is 0 Å². The molecule has 2 aliphatic carbocycles. The minimum atomic E-state index is -0.129. The number of amides is 1. The van der Waals surface area contributed by atoms with Crippen molar-refractivity contribution < 1.29 is 4.79 Å². The van der Waals surface area contributed by atoms with E-state index in [1.807, 2.05) is 60.7 Å². The van der Waals surface area contributed by atoms with Gasteiger partial charge in [0.2, 0.25) is 11.7 Å². The number of fused-ring (bicyclic) bond motifs is 3. The van der Waals surface area contributed by atoms with E-state index in [2.05, 4.69) is 15.5 Å². The molecule has 2 heterocycles. The van der Waals surface area contributed by atoms with Crippen molar-refractivity contribution in [3.8, 4) is 5.69 Å². The quantitative estimate of drug-likeness (QED) is 0.410. The van der Waals surface area contributed by atoms with E-state index < -0.39 is 0 Å². The number of nitrogens with one attached hydrogen (secondary N) is 1. The van der Waals surface area contributed by atoms with E-state index >= 15 is 0 Å². The zero-order valence-corrected chi connectivity index (χ0v) is 20.1. The van der Waals surface area contributed by atoms with Crippen molar-refractivity contribution in [3.63, 3.8) is 0 Å². The van der Waals surface area contributed by atoms with E-state index in [0.717, 1.165) is 22.3 Å². The minimum absolute atomic E-state index is 0.0395. The van der Waals surface area contributed by atoms with Crippen LogP contribution in [0, 0.1) is 25.7 Å². The molecule has 1 N–H and O–H groups in total. The number of carbonyl (C=O) groups is 1. The fourth-order valence-corrected chi connectivity index (χ4v) is 5.59. The van der Waals surface area contributed by atoms with Crippen LogP contribution in [0.3, 0.4) is 0 Å². The second kappa shape index (κ2) is 8.27. The molecule has 1 amide bonds. The Bertz CT molecular complexity index is 1470. The third-order valence-corrected chi connectivity index (χ3v) is 7.85. The molecule has 0 saturated heterocycles. The summed E-state index contributed by atoms with van der Waals surface area (Å²) in [5.74, 6) is 2.08. The molecule has 0 aliphatic heterocycles. The molecule has 0 spiro atoms. The summed E-state index contributed by atoms with van der Waals surface area (Å²) in [4.78, 5) is 26.3. The normalized spacial score (nSPS) is 16.0. The average Bonchev–Trinajstić information content (AvgIpc) is 3.76. The van der Waals surface area contributed by atoms with Crippen LogP contribution in [0.15, 0.2) is 52.4 Å². The fraction of sp³-hybridized carbons (Fsp3) is 0.385. The van der Waals surface area contributed by atoms with Crippen molar-refractivity contribution >= 4 is 34.3 Å². The maximum absolute atomic E-state index is 13.6. The number of para-hydroxylation sites is 1. The topological polar surface area (TPSA) is 81.3 Å². The number of aromatic nitrogens is 4. The third-order valence-electron chi connectivity index (χ3n) is 6.92. The Hall–Kier alpha value is -3.13. The molecule has 174 valence electrons. The fourth-order valence-electron chi connectivity index (χ4n) is 4.84. The Balaban J connectivity index is 1.39.